The minimum absolute atomic E-state index is 0.144. The van der Waals surface area contributed by atoms with Crippen LogP contribution in [0.2, 0.25) is 0 Å². The Labute approximate surface area is 172 Å². The molecule has 4 nitrogen and oxygen atoms in total. The summed E-state index contributed by atoms with van der Waals surface area (Å²) in [6.45, 7) is 0. The van der Waals surface area contributed by atoms with E-state index in [0.717, 1.165) is 31.1 Å². The molecular weight excluding hydrogens is 382 g/mol. The van der Waals surface area contributed by atoms with Gasteiger partial charge >= 0.3 is 0 Å². The van der Waals surface area contributed by atoms with Gasteiger partial charge in [-0.1, -0.05) is 66.7 Å². The van der Waals surface area contributed by atoms with Crippen LogP contribution in [0.25, 0.3) is 0 Å². The predicted octanol–water partition coefficient (Wildman–Crippen LogP) is 4.58. The molecule has 0 aliphatic carbocycles. The van der Waals surface area contributed by atoms with Gasteiger partial charge in [0.2, 0.25) is 0 Å². The molecule has 0 radical (unpaired) electrons. The van der Waals surface area contributed by atoms with Gasteiger partial charge in [-0.15, -0.1) is 0 Å². The molecule has 5 heteroatoms. The molecule has 3 rings (SSSR count). The molecule has 0 aliphatic heterocycles. The molecule has 1 atom stereocenters. The maximum atomic E-state index is 12.8. The van der Waals surface area contributed by atoms with E-state index in [0.29, 0.717) is 5.56 Å². The van der Waals surface area contributed by atoms with Gasteiger partial charge < -0.3 is 5.32 Å². The fourth-order valence-electron chi connectivity index (χ4n) is 3.27. The summed E-state index contributed by atoms with van der Waals surface area (Å²) in [5, 5.41) is 3.08. The van der Waals surface area contributed by atoms with E-state index in [1.807, 2.05) is 48.5 Å². The van der Waals surface area contributed by atoms with Crippen molar-refractivity contribution in [1.29, 1.82) is 0 Å². The summed E-state index contributed by atoms with van der Waals surface area (Å²) in [4.78, 5) is 13.0. The number of rotatable bonds is 8. The van der Waals surface area contributed by atoms with Crippen LogP contribution < -0.4 is 5.32 Å². The zero-order valence-corrected chi connectivity index (χ0v) is 17.2. The number of hydrogen-bond donors (Lipinski definition) is 1. The van der Waals surface area contributed by atoms with Crippen molar-refractivity contribution >= 4 is 15.7 Å². The Morgan fingerprint density at radius 2 is 1.55 bits per heavy atom. The Morgan fingerprint density at radius 3 is 2.21 bits per heavy atom. The lowest BCUT2D eigenvalue weighted by Crippen LogP contribution is -2.28. The summed E-state index contributed by atoms with van der Waals surface area (Å²) in [7, 11) is -3.36. The molecule has 1 unspecified atom stereocenters. The largest absolute Gasteiger partial charge is 0.345 e. The molecule has 1 amide bonds. The third kappa shape index (κ3) is 6.03. The second-order valence-corrected chi connectivity index (χ2v) is 9.13. The van der Waals surface area contributed by atoms with Crippen LogP contribution in [0.3, 0.4) is 0 Å². The highest BCUT2D eigenvalue weighted by atomic mass is 32.2. The van der Waals surface area contributed by atoms with Crippen LogP contribution in [0.15, 0.2) is 89.8 Å². The first-order valence-corrected chi connectivity index (χ1v) is 11.5. The van der Waals surface area contributed by atoms with E-state index in [9.17, 15) is 13.2 Å². The zero-order valence-electron chi connectivity index (χ0n) is 16.4. The maximum absolute atomic E-state index is 12.8. The van der Waals surface area contributed by atoms with Crippen LogP contribution in [0.4, 0.5) is 0 Å². The molecule has 0 heterocycles. The minimum Gasteiger partial charge on any atom is -0.345 e. The first kappa shape index (κ1) is 20.8. The van der Waals surface area contributed by atoms with Crippen LogP contribution in [0.5, 0.6) is 0 Å². The average Bonchev–Trinajstić information content (AvgIpc) is 2.74. The third-order valence-corrected chi connectivity index (χ3v) is 5.94. The standard InChI is InChI=1S/C24H25NO3S/c1-29(27,28)22-16-9-15-21(18-22)24(26)25-23(20-13-6-3-7-14-20)17-8-12-19-10-4-2-5-11-19/h2-7,9-11,13-16,18,23H,8,12,17H2,1H3,(H,25,26). The Bertz CT molecular complexity index is 1050. The Balaban J connectivity index is 1.73. The maximum Gasteiger partial charge on any atom is 0.251 e. The molecule has 150 valence electrons. The second-order valence-electron chi connectivity index (χ2n) is 7.11. The highest BCUT2D eigenvalue weighted by Crippen LogP contribution is 2.21. The van der Waals surface area contributed by atoms with E-state index in [4.69, 9.17) is 0 Å². The molecule has 1 N–H and O–H groups in total. The molecule has 0 saturated carbocycles. The number of sulfone groups is 1. The molecule has 3 aromatic carbocycles. The van der Waals surface area contributed by atoms with Gasteiger partial charge in [0.1, 0.15) is 0 Å². The van der Waals surface area contributed by atoms with E-state index in [-0.39, 0.29) is 16.8 Å². The molecule has 29 heavy (non-hydrogen) atoms. The number of carbonyl (C=O) groups excluding carboxylic acids is 1. The molecule has 0 saturated heterocycles. The lowest BCUT2D eigenvalue weighted by molar-refractivity contribution is 0.0934. The summed E-state index contributed by atoms with van der Waals surface area (Å²) >= 11 is 0. The quantitative estimate of drug-likeness (QED) is 0.594. The van der Waals surface area contributed by atoms with Gasteiger partial charge in [-0.25, -0.2) is 8.42 Å². The summed E-state index contributed by atoms with van der Waals surface area (Å²) in [6, 6.07) is 26.1. The number of hydrogen-bond acceptors (Lipinski definition) is 3. The first-order valence-electron chi connectivity index (χ1n) is 9.63. The van der Waals surface area contributed by atoms with Gasteiger partial charge in [-0.2, -0.15) is 0 Å². The van der Waals surface area contributed by atoms with Crippen molar-refractivity contribution in [2.45, 2.75) is 30.2 Å². The van der Waals surface area contributed by atoms with Crippen molar-refractivity contribution in [1.82, 2.24) is 5.32 Å². The Kier molecular flexibility index (Phi) is 6.83. The van der Waals surface area contributed by atoms with E-state index < -0.39 is 9.84 Å². The monoisotopic (exact) mass is 407 g/mol. The van der Waals surface area contributed by atoms with Crippen LogP contribution in [0.1, 0.15) is 40.4 Å². The van der Waals surface area contributed by atoms with Crippen molar-refractivity contribution in [2.24, 2.45) is 0 Å². The smallest absolute Gasteiger partial charge is 0.251 e. The molecular formula is C24H25NO3S. The van der Waals surface area contributed by atoms with E-state index in [1.165, 1.54) is 17.7 Å². The van der Waals surface area contributed by atoms with Crippen molar-refractivity contribution in [3.8, 4) is 0 Å². The topological polar surface area (TPSA) is 63.2 Å². The van der Waals surface area contributed by atoms with Gasteiger partial charge in [0.15, 0.2) is 9.84 Å². The van der Waals surface area contributed by atoms with Crippen molar-refractivity contribution < 1.29 is 13.2 Å². The fourth-order valence-corrected chi connectivity index (χ4v) is 3.94. The Morgan fingerprint density at radius 1 is 0.897 bits per heavy atom. The molecule has 0 aromatic heterocycles. The van der Waals surface area contributed by atoms with E-state index in [1.54, 1.807) is 12.1 Å². The number of carbonyl (C=O) groups is 1. The predicted molar refractivity (Wildman–Crippen MR) is 116 cm³/mol. The van der Waals surface area contributed by atoms with Crippen LogP contribution in [-0.4, -0.2) is 20.6 Å². The number of benzene rings is 3. The molecule has 0 spiro atoms. The molecule has 0 aliphatic rings. The zero-order chi connectivity index (χ0) is 20.7. The molecule has 0 bridgehead atoms. The third-order valence-electron chi connectivity index (χ3n) is 4.83. The normalized spacial score (nSPS) is 12.3. The highest BCUT2D eigenvalue weighted by molar-refractivity contribution is 7.90. The van der Waals surface area contributed by atoms with E-state index >= 15 is 0 Å². The van der Waals surface area contributed by atoms with Crippen LogP contribution in [0, 0.1) is 0 Å². The van der Waals surface area contributed by atoms with Gasteiger partial charge in [0.25, 0.3) is 5.91 Å². The summed E-state index contributed by atoms with van der Waals surface area (Å²) in [5.41, 5.74) is 2.65. The van der Waals surface area contributed by atoms with Gasteiger partial charge in [0.05, 0.1) is 10.9 Å². The van der Waals surface area contributed by atoms with Gasteiger partial charge in [-0.3, -0.25) is 4.79 Å². The summed E-state index contributed by atoms with van der Waals surface area (Å²) in [5.74, 6) is -0.274. The Hall–Kier alpha value is -2.92. The SMILES string of the molecule is CS(=O)(=O)c1cccc(C(=O)NC(CCCc2ccccc2)c2ccccc2)c1. The van der Waals surface area contributed by atoms with Gasteiger partial charge in [0, 0.05) is 11.8 Å². The second kappa shape index (κ2) is 9.52. The molecule has 0 fully saturated rings. The van der Waals surface area contributed by atoms with Crippen molar-refractivity contribution in [2.75, 3.05) is 6.26 Å². The molecule has 3 aromatic rings. The number of amides is 1. The van der Waals surface area contributed by atoms with E-state index in [2.05, 4.69) is 17.4 Å². The number of nitrogens with one attached hydrogen (secondary N) is 1. The van der Waals surface area contributed by atoms with Gasteiger partial charge in [-0.05, 0) is 48.6 Å². The summed E-state index contributed by atoms with van der Waals surface area (Å²) in [6.07, 6.45) is 3.79. The van der Waals surface area contributed by atoms with Crippen molar-refractivity contribution in [3.63, 3.8) is 0 Å². The minimum atomic E-state index is -3.36. The van der Waals surface area contributed by atoms with Crippen molar-refractivity contribution in [3.05, 3.63) is 102 Å². The lowest BCUT2D eigenvalue weighted by Gasteiger charge is -2.20. The summed E-state index contributed by atoms with van der Waals surface area (Å²) < 4.78 is 23.6. The highest BCUT2D eigenvalue weighted by Gasteiger charge is 2.17. The van der Waals surface area contributed by atoms with Crippen LogP contribution >= 0.6 is 0 Å². The number of aryl methyl sites for hydroxylation is 1. The lowest BCUT2D eigenvalue weighted by atomic mass is 9.98. The van der Waals surface area contributed by atoms with Crippen LogP contribution in [-0.2, 0) is 16.3 Å². The fraction of sp³-hybridized carbons (Fsp3) is 0.208. The first-order chi connectivity index (χ1) is 13.9. The average molecular weight is 408 g/mol.